The average molecular weight is 325 g/mol. The monoisotopic (exact) mass is 325 g/mol. The number of aryl methyl sites for hydroxylation is 2. The van der Waals surface area contributed by atoms with E-state index in [1.54, 1.807) is 0 Å². The topological polar surface area (TPSA) is 30.7 Å². The Morgan fingerprint density at radius 1 is 0.720 bits per heavy atom. The summed E-state index contributed by atoms with van der Waals surface area (Å²) >= 11 is 0. The van der Waals surface area contributed by atoms with E-state index in [0.29, 0.717) is 0 Å². The maximum atomic E-state index is 4.40. The van der Waals surface area contributed by atoms with Crippen molar-refractivity contribution < 1.29 is 0 Å². The summed E-state index contributed by atoms with van der Waals surface area (Å²) in [7, 11) is 0. The van der Waals surface area contributed by atoms with Crippen molar-refractivity contribution in [2.45, 2.75) is 13.8 Å². The van der Waals surface area contributed by atoms with Crippen molar-refractivity contribution in [2.24, 2.45) is 0 Å². The number of hydrogen-bond donors (Lipinski definition) is 0. The Morgan fingerprint density at radius 3 is 1.96 bits per heavy atom. The Bertz CT molecular complexity index is 979. The predicted molar refractivity (Wildman–Crippen MR) is 102 cm³/mol. The highest BCUT2D eigenvalue weighted by Crippen LogP contribution is 2.31. The number of para-hydroxylation sites is 1. The van der Waals surface area contributed by atoms with E-state index in [2.05, 4.69) is 60.6 Å². The van der Waals surface area contributed by atoms with E-state index in [-0.39, 0.29) is 0 Å². The summed E-state index contributed by atoms with van der Waals surface area (Å²) in [5.41, 5.74) is 7.94. The van der Waals surface area contributed by atoms with Crippen molar-refractivity contribution in [2.75, 3.05) is 0 Å². The van der Waals surface area contributed by atoms with Gasteiger partial charge in [-0.2, -0.15) is 0 Å². The van der Waals surface area contributed by atoms with Crippen molar-refractivity contribution in [1.82, 2.24) is 15.0 Å². The summed E-state index contributed by atoms with van der Waals surface area (Å²) in [6.45, 7) is 4.27. The molecule has 0 fully saturated rings. The third kappa shape index (κ3) is 2.96. The molecule has 3 nitrogen and oxygen atoms in total. The zero-order valence-corrected chi connectivity index (χ0v) is 14.3. The van der Waals surface area contributed by atoms with Crippen LogP contribution in [-0.4, -0.2) is 15.0 Å². The summed E-state index contributed by atoms with van der Waals surface area (Å²) in [5, 5.41) is 8.69. The van der Waals surface area contributed by atoms with Gasteiger partial charge >= 0.3 is 0 Å². The molecular weight excluding hydrogens is 306 g/mol. The normalized spacial score (nSPS) is 10.8. The molecular formula is C22H19N3. The van der Waals surface area contributed by atoms with Crippen LogP contribution in [0, 0.1) is 13.8 Å². The third-order valence-corrected chi connectivity index (χ3v) is 4.41. The molecule has 0 amide bonds. The fourth-order valence-electron chi connectivity index (χ4n) is 3.25. The number of aromatic nitrogens is 3. The molecule has 25 heavy (non-hydrogen) atoms. The van der Waals surface area contributed by atoms with Crippen molar-refractivity contribution in [3.63, 3.8) is 0 Å². The van der Waals surface area contributed by atoms with E-state index in [0.717, 1.165) is 16.9 Å². The minimum absolute atomic E-state index is 0.901. The van der Waals surface area contributed by atoms with Gasteiger partial charge in [0.2, 0.25) is 0 Å². The molecule has 0 atom stereocenters. The van der Waals surface area contributed by atoms with Gasteiger partial charge in [0.05, 0.1) is 11.9 Å². The number of benzene rings is 3. The number of hydrogen-bond acceptors (Lipinski definition) is 2. The highest BCUT2D eigenvalue weighted by Gasteiger charge is 2.12. The summed E-state index contributed by atoms with van der Waals surface area (Å²) in [6.07, 6.45) is 1.99. The third-order valence-electron chi connectivity index (χ3n) is 4.41. The minimum Gasteiger partial charge on any atom is -0.220 e. The van der Waals surface area contributed by atoms with Crippen LogP contribution in [0.5, 0.6) is 0 Å². The van der Waals surface area contributed by atoms with Crippen LogP contribution in [-0.2, 0) is 0 Å². The van der Waals surface area contributed by atoms with E-state index in [1.807, 2.05) is 47.3 Å². The molecule has 3 aromatic carbocycles. The molecule has 0 saturated carbocycles. The van der Waals surface area contributed by atoms with Crippen LogP contribution in [0.25, 0.3) is 28.1 Å². The molecule has 0 bridgehead atoms. The van der Waals surface area contributed by atoms with E-state index in [9.17, 15) is 0 Å². The van der Waals surface area contributed by atoms with Gasteiger partial charge < -0.3 is 0 Å². The Hall–Kier alpha value is -3.20. The minimum atomic E-state index is 0.901. The lowest BCUT2D eigenvalue weighted by molar-refractivity contribution is 0.804. The Morgan fingerprint density at radius 2 is 1.32 bits per heavy atom. The van der Waals surface area contributed by atoms with Gasteiger partial charge in [-0.3, -0.25) is 0 Å². The second kappa shape index (κ2) is 6.36. The van der Waals surface area contributed by atoms with E-state index in [1.165, 1.54) is 22.3 Å². The molecule has 0 aliphatic rings. The standard InChI is InChI=1S/C22H19N3/c1-16-13-19(18-9-5-3-6-10-18)14-17(2)22(16)21-15-25(24-23-21)20-11-7-4-8-12-20/h3-15H,1-2H3. The molecule has 0 saturated heterocycles. The molecule has 1 aromatic heterocycles. The lowest BCUT2D eigenvalue weighted by atomic mass is 9.94. The predicted octanol–water partition coefficient (Wildman–Crippen LogP) is 5.22. The first kappa shape index (κ1) is 15.3. The van der Waals surface area contributed by atoms with Gasteiger partial charge in [-0.05, 0) is 48.2 Å². The molecule has 0 radical (unpaired) electrons. The van der Waals surface area contributed by atoms with Crippen LogP contribution in [0.3, 0.4) is 0 Å². The van der Waals surface area contributed by atoms with Crippen molar-refractivity contribution >= 4 is 0 Å². The summed E-state index contributed by atoms with van der Waals surface area (Å²) < 4.78 is 1.82. The first-order valence-corrected chi connectivity index (χ1v) is 8.37. The zero-order valence-electron chi connectivity index (χ0n) is 14.3. The molecule has 1 heterocycles. The zero-order chi connectivity index (χ0) is 17.2. The summed E-state index contributed by atoms with van der Waals surface area (Å²) in [6, 6.07) is 24.9. The molecule has 0 spiro atoms. The molecule has 3 heteroatoms. The van der Waals surface area contributed by atoms with Crippen LogP contribution in [0.15, 0.2) is 79.0 Å². The van der Waals surface area contributed by atoms with Crippen molar-refractivity contribution in [1.29, 1.82) is 0 Å². The van der Waals surface area contributed by atoms with Gasteiger partial charge in [0.1, 0.15) is 5.69 Å². The van der Waals surface area contributed by atoms with Crippen molar-refractivity contribution in [3.8, 4) is 28.1 Å². The molecule has 0 aliphatic heterocycles. The maximum Gasteiger partial charge on any atom is 0.114 e. The second-order valence-electron chi connectivity index (χ2n) is 6.23. The highest BCUT2D eigenvalue weighted by atomic mass is 15.4. The smallest absolute Gasteiger partial charge is 0.114 e. The maximum absolute atomic E-state index is 4.40. The molecule has 4 rings (SSSR count). The highest BCUT2D eigenvalue weighted by molar-refractivity contribution is 5.74. The van der Waals surface area contributed by atoms with E-state index in [4.69, 9.17) is 0 Å². The SMILES string of the molecule is Cc1cc(-c2ccccc2)cc(C)c1-c1cn(-c2ccccc2)nn1. The van der Waals surface area contributed by atoms with Gasteiger partial charge in [-0.15, -0.1) is 5.10 Å². The Balaban J connectivity index is 1.76. The van der Waals surface area contributed by atoms with Gasteiger partial charge in [0.15, 0.2) is 0 Å². The average Bonchev–Trinajstić information content (AvgIpc) is 3.12. The van der Waals surface area contributed by atoms with Crippen molar-refractivity contribution in [3.05, 3.63) is 90.1 Å². The molecule has 0 aliphatic carbocycles. The summed E-state index contributed by atoms with van der Waals surface area (Å²) in [5.74, 6) is 0. The number of rotatable bonds is 3. The Labute approximate surface area is 147 Å². The lowest BCUT2D eigenvalue weighted by Crippen LogP contribution is -1.93. The first-order valence-electron chi connectivity index (χ1n) is 8.37. The van der Waals surface area contributed by atoms with Gasteiger partial charge in [0, 0.05) is 5.56 Å². The Kier molecular flexibility index (Phi) is 3.90. The molecule has 0 N–H and O–H groups in total. The van der Waals surface area contributed by atoms with E-state index < -0.39 is 0 Å². The van der Waals surface area contributed by atoms with Gasteiger partial charge in [-0.25, -0.2) is 4.68 Å². The quantitative estimate of drug-likeness (QED) is 0.517. The van der Waals surface area contributed by atoms with Crippen LogP contribution in [0.2, 0.25) is 0 Å². The van der Waals surface area contributed by atoms with Gasteiger partial charge in [-0.1, -0.05) is 65.9 Å². The van der Waals surface area contributed by atoms with Crippen LogP contribution in [0.4, 0.5) is 0 Å². The fourth-order valence-corrected chi connectivity index (χ4v) is 3.25. The van der Waals surface area contributed by atoms with Crippen LogP contribution >= 0.6 is 0 Å². The number of nitrogens with zero attached hydrogens (tertiary/aromatic N) is 3. The van der Waals surface area contributed by atoms with Crippen LogP contribution in [0.1, 0.15) is 11.1 Å². The molecule has 122 valence electrons. The van der Waals surface area contributed by atoms with Gasteiger partial charge in [0.25, 0.3) is 0 Å². The first-order chi connectivity index (χ1) is 12.2. The second-order valence-corrected chi connectivity index (χ2v) is 6.23. The largest absolute Gasteiger partial charge is 0.220 e. The van der Waals surface area contributed by atoms with E-state index >= 15 is 0 Å². The van der Waals surface area contributed by atoms with Crippen LogP contribution < -0.4 is 0 Å². The lowest BCUT2D eigenvalue weighted by Gasteiger charge is -2.11. The molecule has 4 aromatic rings. The fraction of sp³-hybridized carbons (Fsp3) is 0.0909. The summed E-state index contributed by atoms with van der Waals surface area (Å²) in [4.78, 5) is 0. The molecule has 0 unspecified atom stereocenters.